The zero-order valence-electron chi connectivity index (χ0n) is 21.0. The Morgan fingerprint density at radius 3 is 2.60 bits per heavy atom. The number of hydrogen-bond donors (Lipinski definition) is 3. The van der Waals surface area contributed by atoms with Crippen molar-refractivity contribution in [2.45, 2.75) is 69.9 Å². The Balaban J connectivity index is 1.86. The predicted molar refractivity (Wildman–Crippen MR) is 130 cm³/mol. The molecule has 3 aliphatic rings. The van der Waals surface area contributed by atoms with Crippen LogP contribution in [-0.2, 0) is 14.3 Å². The van der Waals surface area contributed by atoms with Gasteiger partial charge in [0.05, 0.1) is 19.2 Å². The number of carbonyl (C=O) groups is 3. The number of rotatable bonds is 6. The fourth-order valence-corrected chi connectivity index (χ4v) is 4.96. The highest BCUT2D eigenvalue weighted by Gasteiger charge is 2.38. The van der Waals surface area contributed by atoms with Crippen LogP contribution >= 0.6 is 0 Å². The number of aliphatic imine (C=N–C) groups is 1. The number of alkyl carbamates (subject to hydrolysis) is 1. The number of nitrogens with one attached hydrogen (secondary N) is 3. The molecule has 1 saturated carbocycles. The molecule has 0 aromatic heterocycles. The van der Waals surface area contributed by atoms with E-state index in [0.29, 0.717) is 38.3 Å². The van der Waals surface area contributed by atoms with Crippen molar-refractivity contribution in [2.24, 2.45) is 10.9 Å². The van der Waals surface area contributed by atoms with E-state index in [1.165, 1.54) is 6.42 Å². The van der Waals surface area contributed by atoms with E-state index in [4.69, 9.17) is 9.73 Å². The largest absolute Gasteiger partial charge is 0.450 e. The van der Waals surface area contributed by atoms with Gasteiger partial charge < -0.3 is 25.2 Å². The second-order valence-electron chi connectivity index (χ2n) is 9.81. The van der Waals surface area contributed by atoms with Crippen LogP contribution in [0.25, 0.3) is 0 Å². The van der Waals surface area contributed by atoms with Crippen molar-refractivity contribution in [3.63, 3.8) is 0 Å². The fraction of sp³-hybridized carbons (Fsp3) is 0.792. The second-order valence-corrected chi connectivity index (χ2v) is 9.81. The van der Waals surface area contributed by atoms with E-state index in [-0.39, 0.29) is 30.9 Å². The van der Waals surface area contributed by atoms with Crippen molar-refractivity contribution < 1.29 is 19.1 Å². The highest BCUT2D eigenvalue weighted by molar-refractivity contribution is 5.97. The summed E-state index contributed by atoms with van der Waals surface area (Å²) >= 11 is 0. The number of carbonyl (C=O) groups excluding carboxylic acids is 3. The SMILES string of the molecule is CCOC(=O)NC(=N[C@@H](CC1CCCCC1)C(=O)NC1(C#N)CCN(C)CC1)N1CCNC(=O)C1. The summed E-state index contributed by atoms with van der Waals surface area (Å²) in [6.45, 7) is 4.22. The number of hydrogen-bond acceptors (Lipinski definition) is 7. The monoisotopic (exact) mass is 489 g/mol. The molecule has 0 bridgehead atoms. The van der Waals surface area contributed by atoms with Crippen molar-refractivity contribution in [3.8, 4) is 6.07 Å². The molecule has 2 saturated heterocycles. The van der Waals surface area contributed by atoms with Crippen LogP contribution in [0.3, 0.4) is 0 Å². The first kappa shape index (κ1) is 26.7. The molecule has 2 aliphatic heterocycles. The van der Waals surface area contributed by atoms with Gasteiger partial charge in [0.15, 0.2) is 0 Å². The van der Waals surface area contributed by atoms with Crippen molar-refractivity contribution >= 4 is 23.9 Å². The van der Waals surface area contributed by atoms with Crippen molar-refractivity contribution in [2.75, 3.05) is 46.4 Å². The molecule has 35 heavy (non-hydrogen) atoms. The molecule has 0 aromatic carbocycles. The van der Waals surface area contributed by atoms with E-state index in [1.807, 2.05) is 7.05 Å². The highest BCUT2D eigenvalue weighted by atomic mass is 16.5. The van der Waals surface area contributed by atoms with Crippen molar-refractivity contribution in [1.82, 2.24) is 25.8 Å². The van der Waals surface area contributed by atoms with E-state index in [1.54, 1.807) is 11.8 Å². The van der Waals surface area contributed by atoms with Crippen LogP contribution in [0.4, 0.5) is 4.79 Å². The minimum atomic E-state index is -0.927. The van der Waals surface area contributed by atoms with Gasteiger partial charge in [0.25, 0.3) is 0 Å². The number of nitrogens with zero attached hydrogens (tertiary/aromatic N) is 4. The maximum absolute atomic E-state index is 13.6. The Hall–Kier alpha value is -2.87. The summed E-state index contributed by atoms with van der Waals surface area (Å²) in [5, 5.41) is 18.3. The van der Waals surface area contributed by atoms with E-state index in [0.717, 1.165) is 38.8 Å². The minimum Gasteiger partial charge on any atom is -0.450 e. The topological polar surface area (TPSA) is 139 Å². The lowest BCUT2D eigenvalue weighted by Crippen LogP contribution is -2.57. The number of nitriles is 1. The van der Waals surface area contributed by atoms with Crippen molar-refractivity contribution in [1.29, 1.82) is 5.26 Å². The van der Waals surface area contributed by atoms with Gasteiger partial charge in [-0.1, -0.05) is 32.1 Å². The number of ether oxygens (including phenoxy) is 1. The molecule has 0 radical (unpaired) electrons. The number of amides is 3. The van der Waals surface area contributed by atoms with Gasteiger partial charge in [0.2, 0.25) is 17.8 Å². The molecule has 3 N–H and O–H groups in total. The third-order valence-corrected chi connectivity index (χ3v) is 7.11. The molecule has 11 heteroatoms. The molecule has 3 amide bonds. The average molecular weight is 490 g/mol. The molecule has 0 spiro atoms. The molecule has 0 unspecified atom stereocenters. The minimum absolute atomic E-state index is 0.0253. The Labute approximate surface area is 207 Å². The first-order valence-electron chi connectivity index (χ1n) is 12.8. The summed E-state index contributed by atoms with van der Waals surface area (Å²) in [7, 11) is 2.00. The lowest BCUT2D eigenvalue weighted by atomic mass is 9.84. The van der Waals surface area contributed by atoms with E-state index in [9.17, 15) is 19.6 Å². The van der Waals surface area contributed by atoms with Crippen LogP contribution in [-0.4, -0.2) is 91.6 Å². The Kier molecular flexibility index (Phi) is 9.72. The summed E-state index contributed by atoms with van der Waals surface area (Å²) in [4.78, 5) is 46.4. The summed E-state index contributed by atoms with van der Waals surface area (Å²) in [6.07, 6.45) is 6.44. The van der Waals surface area contributed by atoms with Gasteiger partial charge in [-0.3, -0.25) is 14.9 Å². The highest BCUT2D eigenvalue weighted by Crippen LogP contribution is 2.29. The predicted octanol–water partition coefficient (Wildman–Crippen LogP) is 0.963. The smallest absolute Gasteiger partial charge is 0.413 e. The van der Waals surface area contributed by atoms with Gasteiger partial charge in [-0.2, -0.15) is 5.26 Å². The molecule has 1 aliphatic carbocycles. The summed E-state index contributed by atoms with van der Waals surface area (Å²) in [5.74, 6) is -0.000126. The quantitative estimate of drug-likeness (QED) is 0.373. The molecule has 3 rings (SSSR count). The maximum Gasteiger partial charge on any atom is 0.413 e. The van der Waals surface area contributed by atoms with Gasteiger partial charge in [0, 0.05) is 26.2 Å². The second kappa shape index (κ2) is 12.7. The molecule has 3 fully saturated rings. The Morgan fingerprint density at radius 2 is 1.97 bits per heavy atom. The van der Waals surface area contributed by atoms with Gasteiger partial charge >= 0.3 is 6.09 Å². The number of likely N-dealkylation sites (tertiary alicyclic amines) is 1. The molecule has 11 nitrogen and oxygen atoms in total. The molecule has 2 heterocycles. The molecule has 0 aromatic rings. The standard InChI is InChI=1S/C24H39N7O4/c1-3-35-23(34)28-22(31-14-11-26-20(32)16-31)27-19(15-18-7-5-4-6-8-18)21(33)29-24(17-25)9-12-30(2)13-10-24/h18-19H,3-16H2,1-2H3,(H,26,32)(H,29,33)(H,27,28,34)/t19-/m0/s1. The third kappa shape index (κ3) is 7.82. The van der Waals surface area contributed by atoms with Crippen LogP contribution in [0.15, 0.2) is 4.99 Å². The summed E-state index contributed by atoms with van der Waals surface area (Å²) < 4.78 is 5.04. The van der Waals surface area contributed by atoms with E-state index >= 15 is 0 Å². The van der Waals surface area contributed by atoms with Gasteiger partial charge in [-0.25, -0.2) is 9.79 Å². The lowest BCUT2D eigenvalue weighted by molar-refractivity contribution is -0.124. The fourth-order valence-electron chi connectivity index (χ4n) is 4.96. The van der Waals surface area contributed by atoms with Crippen LogP contribution in [0.1, 0.15) is 58.3 Å². The average Bonchev–Trinajstić information content (AvgIpc) is 2.85. The third-order valence-electron chi connectivity index (χ3n) is 7.11. The van der Waals surface area contributed by atoms with Gasteiger partial charge in [-0.05, 0) is 39.2 Å². The normalized spacial score (nSPS) is 22.5. The first-order chi connectivity index (χ1) is 16.8. The number of piperidine rings is 1. The van der Waals surface area contributed by atoms with Crippen LogP contribution in [0.2, 0.25) is 0 Å². The summed E-state index contributed by atoms with van der Waals surface area (Å²) in [5.41, 5.74) is -0.927. The van der Waals surface area contributed by atoms with Crippen LogP contribution in [0.5, 0.6) is 0 Å². The summed E-state index contributed by atoms with van der Waals surface area (Å²) in [6, 6.07) is 1.55. The Morgan fingerprint density at radius 1 is 1.26 bits per heavy atom. The van der Waals surface area contributed by atoms with Crippen LogP contribution in [0, 0.1) is 17.2 Å². The van der Waals surface area contributed by atoms with Gasteiger partial charge in [0.1, 0.15) is 11.6 Å². The molecular formula is C24H39N7O4. The lowest BCUT2D eigenvalue weighted by Gasteiger charge is -2.37. The molecular weight excluding hydrogens is 450 g/mol. The zero-order chi connectivity index (χ0) is 25.3. The van der Waals surface area contributed by atoms with Crippen molar-refractivity contribution in [3.05, 3.63) is 0 Å². The molecule has 194 valence electrons. The van der Waals surface area contributed by atoms with Gasteiger partial charge in [-0.15, -0.1) is 0 Å². The van der Waals surface area contributed by atoms with E-state index in [2.05, 4.69) is 26.9 Å². The maximum atomic E-state index is 13.6. The first-order valence-corrected chi connectivity index (χ1v) is 12.8. The number of piperazine rings is 1. The number of guanidine groups is 1. The Bertz CT molecular complexity index is 826. The van der Waals surface area contributed by atoms with Crippen LogP contribution < -0.4 is 16.0 Å². The molecule has 1 atom stereocenters. The zero-order valence-corrected chi connectivity index (χ0v) is 21.0. The van der Waals surface area contributed by atoms with E-state index < -0.39 is 17.7 Å².